The Hall–Kier alpha value is -1.11. The monoisotopic (exact) mass is 352 g/mol. The van der Waals surface area contributed by atoms with Crippen LogP contribution in [0.5, 0.6) is 5.75 Å². The molecular weight excluding hydrogens is 328 g/mol. The molecule has 2 N–H and O–H groups in total. The third kappa shape index (κ3) is 2.55. The predicted molar refractivity (Wildman–Crippen MR) is 89.1 cm³/mol. The normalized spacial score (nSPS) is 38.2. The van der Waals surface area contributed by atoms with E-state index in [9.17, 15) is 13.5 Å². The van der Waals surface area contributed by atoms with E-state index in [1.807, 2.05) is 6.07 Å². The van der Waals surface area contributed by atoms with Crippen molar-refractivity contribution in [2.45, 2.75) is 57.5 Å². The molecule has 5 nitrogen and oxygen atoms in total. The SMILES string of the molecule is CC12CCC3c4ccc(O)cc4CCC3C1CCC2OS(=O)(=O)O. The number of aryl methyl sites for hydroxylation is 1. The quantitative estimate of drug-likeness (QED) is 0.797. The summed E-state index contributed by atoms with van der Waals surface area (Å²) < 4.78 is 36.5. The highest BCUT2D eigenvalue weighted by Crippen LogP contribution is 2.61. The van der Waals surface area contributed by atoms with Crippen molar-refractivity contribution in [2.75, 3.05) is 0 Å². The van der Waals surface area contributed by atoms with Crippen molar-refractivity contribution in [3.8, 4) is 5.75 Å². The van der Waals surface area contributed by atoms with Crippen LogP contribution in [-0.2, 0) is 21.0 Å². The van der Waals surface area contributed by atoms with E-state index >= 15 is 0 Å². The van der Waals surface area contributed by atoms with Gasteiger partial charge in [0.2, 0.25) is 0 Å². The van der Waals surface area contributed by atoms with Crippen molar-refractivity contribution in [1.82, 2.24) is 0 Å². The topological polar surface area (TPSA) is 83.8 Å². The predicted octanol–water partition coefficient (Wildman–Crippen LogP) is 3.44. The second-order valence-corrected chi connectivity index (χ2v) is 8.98. The van der Waals surface area contributed by atoms with Gasteiger partial charge in [-0.25, -0.2) is 4.18 Å². The minimum atomic E-state index is -4.41. The third-order valence-electron chi connectivity index (χ3n) is 6.86. The van der Waals surface area contributed by atoms with E-state index < -0.39 is 16.5 Å². The van der Waals surface area contributed by atoms with Gasteiger partial charge in [0, 0.05) is 0 Å². The number of aromatic hydroxyl groups is 1. The Bertz CT molecular complexity index is 759. The van der Waals surface area contributed by atoms with Gasteiger partial charge < -0.3 is 5.11 Å². The Kier molecular flexibility index (Phi) is 3.71. The molecule has 6 heteroatoms. The molecule has 5 unspecified atom stereocenters. The molecule has 0 aliphatic heterocycles. The molecule has 1 aromatic rings. The first kappa shape index (κ1) is 16.4. The van der Waals surface area contributed by atoms with Gasteiger partial charge in [0.1, 0.15) is 5.75 Å². The van der Waals surface area contributed by atoms with Gasteiger partial charge in [-0.1, -0.05) is 13.0 Å². The lowest BCUT2D eigenvalue weighted by Crippen LogP contribution is -2.45. The van der Waals surface area contributed by atoms with E-state index in [4.69, 9.17) is 8.74 Å². The Morgan fingerprint density at radius 2 is 2.00 bits per heavy atom. The van der Waals surface area contributed by atoms with Crippen LogP contribution >= 0.6 is 0 Å². The number of phenolic OH excluding ortho intramolecular Hbond substituents is 1. The van der Waals surface area contributed by atoms with Gasteiger partial charge in [-0.3, -0.25) is 4.55 Å². The summed E-state index contributed by atoms with van der Waals surface area (Å²) in [6.07, 6.45) is 5.15. The first-order valence-corrected chi connectivity index (χ1v) is 10.1. The molecule has 3 aliphatic rings. The summed E-state index contributed by atoms with van der Waals surface area (Å²) in [5.74, 6) is 1.76. The fourth-order valence-corrected chi connectivity index (χ4v) is 6.44. The van der Waals surface area contributed by atoms with E-state index in [0.717, 1.165) is 32.1 Å². The minimum Gasteiger partial charge on any atom is -0.508 e. The molecule has 2 saturated carbocycles. The molecule has 0 heterocycles. The van der Waals surface area contributed by atoms with E-state index in [1.165, 1.54) is 11.1 Å². The van der Waals surface area contributed by atoms with Crippen LogP contribution < -0.4 is 0 Å². The van der Waals surface area contributed by atoms with Crippen LogP contribution in [0.25, 0.3) is 0 Å². The molecular formula is C18H24O5S. The lowest BCUT2D eigenvalue weighted by molar-refractivity contribution is -0.0121. The molecule has 3 aliphatic carbocycles. The van der Waals surface area contributed by atoms with Gasteiger partial charge >= 0.3 is 10.4 Å². The summed E-state index contributed by atoms with van der Waals surface area (Å²) in [4.78, 5) is 0. The molecule has 1 aromatic carbocycles. The average Bonchev–Trinajstić information content (AvgIpc) is 2.82. The second-order valence-electron chi connectivity index (χ2n) is 7.93. The molecule has 0 radical (unpaired) electrons. The summed E-state index contributed by atoms with van der Waals surface area (Å²) in [6, 6.07) is 5.72. The van der Waals surface area contributed by atoms with Crippen molar-refractivity contribution < 1.29 is 22.3 Å². The fourth-order valence-electron chi connectivity index (χ4n) is 5.83. The number of fused-ring (bicyclic) bond motifs is 5. The van der Waals surface area contributed by atoms with Crippen LogP contribution in [0.2, 0.25) is 0 Å². The van der Waals surface area contributed by atoms with Crippen LogP contribution in [0, 0.1) is 17.3 Å². The van der Waals surface area contributed by atoms with Gasteiger partial charge in [0.05, 0.1) is 6.10 Å². The molecule has 0 amide bonds. The Morgan fingerprint density at radius 1 is 1.21 bits per heavy atom. The van der Waals surface area contributed by atoms with Gasteiger partial charge in [-0.2, -0.15) is 8.42 Å². The minimum absolute atomic E-state index is 0.189. The zero-order valence-corrected chi connectivity index (χ0v) is 14.6. The first-order chi connectivity index (χ1) is 11.3. The Morgan fingerprint density at radius 3 is 2.75 bits per heavy atom. The fraction of sp³-hybridized carbons (Fsp3) is 0.667. The highest BCUT2D eigenvalue weighted by Gasteiger charge is 2.56. The van der Waals surface area contributed by atoms with Gasteiger partial charge in [0.25, 0.3) is 0 Å². The van der Waals surface area contributed by atoms with Crippen molar-refractivity contribution in [3.05, 3.63) is 29.3 Å². The largest absolute Gasteiger partial charge is 0.508 e. The molecule has 0 saturated heterocycles. The third-order valence-corrected chi connectivity index (χ3v) is 7.34. The van der Waals surface area contributed by atoms with Crippen molar-refractivity contribution in [1.29, 1.82) is 0 Å². The highest BCUT2D eigenvalue weighted by molar-refractivity contribution is 7.80. The molecule has 0 aromatic heterocycles. The number of phenols is 1. The Labute approximate surface area is 143 Å². The lowest BCUT2D eigenvalue weighted by atomic mass is 9.55. The molecule has 24 heavy (non-hydrogen) atoms. The lowest BCUT2D eigenvalue weighted by Gasteiger charge is -2.50. The van der Waals surface area contributed by atoms with Crippen LogP contribution in [0.3, 0.4) is 0 Å². The van der Waals surface area contributed by atoms with Crippen molar-refractivity contribution in [3.63, 3.8) is 0 Å². The number of hydrogen-bond donors (Lipinski definition) is 2. The van der Waals surface area contributed by atoms with Crippen LogP contribution in [0.4, 0.5) is 0 Å². The molecule has 132 valence electrons. The first-order valence-electron chi connectivity index (χ1n) is 8.75. The summed E-state index contributed by atoms with van der Waals surface area (Å²) in [5.41, 5.74) is 2.42. The summed E-state index contributed by atoms with van der Waals surface area (Å²) >= 11 is 0. The van der Waals surface area contributed by atoms with E-state index in [1.54, 1.807) is 6.07 Å². The zero-order chi connectivity index (χ0) is 17.1. The number of hydrogen-bond acceptors (Lipinski definition) is 4. The van der Waals surface area contributed by atoms with Gasteiger partial charge in [-0.15, -0.1) is 0 Å². The van der Waals surface area contributed by atoms with Crippen LogP contribution in [0.15, 0.2) is 18.2 Å². The average molecular weight is 352 g/mol. The number of rotatable bonds is 2. The maximum absolute atomic E-state index is 11.2. The second kappa shape index (κ2) is 5.44. The zero-order valence-electron chi connectivity index (χ0n) is 13.8. The van der Waals surface area contributed by atoms with Gasteiger partial charge in [-0.05, 0) is 85.0 Å². The molecule has 2 fully saturated rings. The van der Waals surface area contributed by atoms with E-state index in [2.05, 4.69) is 13.0 Å². The molecule has 0 bridgehead atoms. The standard InChI is InChI=1S/C18H24O5S/c1-18-9-8-14-13-5-3-12(19)10-11(13)2-4-15(14)16(18)6-7-17(18)23-24(20,21)22/h3,5,10,14-17,19H,2,4,6-9H2,1H3,(H,20,21,22). The van der Waals surface area contributed by atoms with Crippen molar-refractivity contribution in [2.24, 2.45) is 17.3 Å². The van der Waals surface area contributed by atoms with E-state index in [0.29, 0.717) is 29.9 Å². The highest BCUT2D eigenvalue weighted by atomic mass is 32.3. The summed E-state index contributed by atoms with van der Waals surface area (Å²) in [5, 5.41) is 9.72. The van der Waals surface area contributed by atoms with E-state index in [-0.39, 0.29) is 5.41 Å². The molecule has 5 atom stereocenters. The molecule has 4 rings (SSSR count). The maximum Gasteiger partial charge on any atom is 0.397 e. The van der Waals surface area contributed by atoms with Crippen LogP contribution in [0.1, 0.15) is 56.1 Å². The van der Waals surface area contributed by atoms with Gasteiger partial charge in [0.15, 0.2) is 0 Å². The number of benzene rings is 1. The Balaban J connectivity index is 1.63. The van der Waals surface area contributed by atoms with Crippen LogP contribution in [-0.4, -0.2) is 24.2 Å². The van der Waals surface area contributed by atoms with Crippen molar-refractivity contribution >= 4 is 10.4 Å². The summed E-state index contributed by atoms with van der Waals surface area (Å²) in [6.45, 7) is 2.13. The molecule has 0 spiro atoms. The summed E-state index contributed by atoms with van der Waals surface area (Å²) in [7, 11) is -4.41. The smallest absolute Gasteiger partial charge is 0.397 e. The maximum atomic E-state index is 11.2.